The predicted octanol–water partition coefficient (Wildman–Crippen LogP) is 3.30. The van der Waals surface area contributed by atoms with Gasteiger partial charge in [0, 0.05) is 17.6 Å². The van der Waals surface area contributed by atoms with Gasteiger partial charge in [0.05, 0.1) is 12.2 Å². The molecule has 0 saturated carbocycles. The van der Waals surface area contributed by atoms with Gasteiger partial charge in [0.15, 0.2) is 0 Å². The van der Waals surface area contributed by atoms with Crippen molar-refractivity contribution in [2.24, 2.45) is 0 Å². The lowest BCUT2D eigenvalue weighted by Crippen LogP contribution is -2.07. The average molecular weight is 249 g/mol. The van der Waals surface area contributed by atoms with Crippen molar-refractivity contribution in [3.05, 3.63) is 33.8 Å². The third-order valence-electron chi connectivity index (χ3n) is 2.76. The summed E-state index contributed by atoms with van der Waals surface area (Å²) in [6, 6.07) is 2.22. The van der Waals surface area contributed by atoms with E-state index in [1.54, 1.807) is 0 Å². The minimum Gasteiger partial charge on any atom is -0.356 e. The van der Waals surface area contributed by atoms with Crippen LogP contribution in [-0.4, -0.2) is 16.1 Å². The van der Waals surface area contributed by atoms with Crippen LogP contribution >= 0.6 is 11.3 Å². The molecule has 2 rings (SSSR count). The van der Waals surface area contributed by atoms with Crippen LogP contribution in [0.4, 0.5) is 5.95 Å². The molecule has 2 aromatic heterocycles. The normalized spacial score (nSPS) is 10.8. The molecular formula is C13H19N3S. The monoisotopic (exact) mass is 249 g/mol. The zero-order valence-corrected chi connectivity index (χ0v) is 11.5. The van der Waals surface area contributed by atoms with Gasteiger partial charge in [0.25, 0.3) is 0 Å². The van der Waals surface area contributed by atoms with Gasteiger partial charge in [-0.1, -0.05) is 6.92 Å². The van der Waals surface area contributed by atoms with Gasteiger partial charge in [-0.3, -0.25) is 0 Å². The summed E-state index contributed by atoms with van der Waals surface area (Å²) < 4.78 is 2.20. The van der Waals surface area contributed by atoms with E-state index in [-0.39, 0.29) is 0 Å². The van der Waals surface area contributed by atoms with E-state index in [0.29, 0.717) is 0 Å². The second-order valence-corrected chi connectivity index (χ2v) is 5.09. The topological polar surface area (TPSA) is 29.9 Å². The van der Waals surface area contributed by atoms with Crippen molar-refractivity contribution in [2.75, 3.05) is 11.9 Å². The van der Waals surface area contributed by atoms with E-state index >= 15 is 0 Å². The van der Waals surface area contributed by atoms with Gasteiger partial charge < -0.3 is 9.88 Å². The highest BCUT2D eigenvalue weighted by Crippen LogP contribution is 2.20. The van der Waals surface area contributed by atoms with Crippen LogP contribution in [0.15, 0.2) is 17.6 Å². The number of hydrogen-bond acceptors (Lipinski definition) is 3. The Hall–Kier alpha value is -1.29. The smallest absolute Gasteiger partial charge is 0.203 e. The fraction of sp³-hybridized carbons (Fsp3) is 0.462. The van der Waals surface area contributed by atoms with Crippen LogP contribution < -0.4 is 5.32 Å². The van der Waals surface area contributed by atoms with E-state index in [9.17, 15) is 0 Å². The van der Waals surface area contributed by atoms with Gasteiger partial charge in [-0.25, -0.2) is 4.98 Å². The van der Waals surface area contributed by atoms with Crippen LogP contribution in [0.5, 0.6) is 0 Å². The van der Waals surface area contributed by atoms with Crippen LogP contribution in [0, 0.1) is 6.92 Å². The van der Waals surface area contributed by atoms with Crippen molar-refractivity contribution in [1.82, 2.24) is 9.55 Å². The minimum atomic E-state index is 0.904. The molecule has 4 heteroatoms. The number of rotatable bonds is 5. The number of aryl methyl sites for hydroxylation is 2. The molecule has 2 aromatic rings. The molecule has 0 spiro atoms. The highest BCUT2D eigenvalue weighted by molar-refractivity contribution is 7.10. The maximum atomic E-state index is 4.49. The van der Waals surface area contributed by atoms with Gasteiger partial charge in [-0.05, 0) is 37.3 Å². The van der Waals surface area contributed by atoms with Crippen LogP contribution in [0.1, 0.15) is 30.0 Å². The van der Waals surface area contributed by atoms with Crippen molar-refractivity contribution in [2.45, 2.75) is 33.7 Å². The van der Waals surface area contributed by atoms with Gasteiger partial charge in [0.2, 0.25) is 5.95 Å². The van der Waals surface area contributed by atoms with Gasteiger partial charge in [-0.15, -0.1) is 11.3 Å². The molecule has 0 radical (unpaired) electrons. The van der Waals surface area contributed by atoms with Crippen molar-refractivity contribution in [3.8, 4) is 0 Å². The first-order chi connectivity index (χ1) is 8.24. The Balaban J connectivity index is 2.23. The second-order valence-electron chi connectivity index (χ2n) is 4.09. The number of thiophene rings is 1. The molecule has 0 aliphatic heterocycles. The number of imidazole rings is 1. The molecule has 0 atom stereocenters. The van der Waals surface area contributed by atoms with Crippen LogP contribution in [0.2, 0.25) is 0 Å². The van der Waals surface area contributed by atoms with E-state index in [1.165, 1.54) is 10.4 Å². The first-order valence-corrected chi connectivity index (χ1v) is 6.95. The first kappa shape index (κ1) is 12.2. The number of nitrogens with zero attached hydrogens (tertiary/aromatic N) is 2. The lowest BCUT2D eigenvalue weighted by atomic mass is 10.2. The number of aromatic nitrogens is 2. The third-order valence-corrected chi connectivity index (χ3v) is 3.71. The average Bonchev–Trinajstić information content (AvgIpc) is 2.87. The van der Waals surface area contributed by atoms with E-state index in [1.807, 2.05) is 18.3 Å². The van der Waals surface area contributed by atoms with Gasteiger partial charge >= 0.3 is 0 Å². The highest BCUT2D eigenvalue weighted by atomic mass is 32.1. The molecule has 0 fully saturated rings. The van der Waals surface area contributed by atoms with E-state index in [4.69, 9.17) is 0 Å². The Bertz CT molecular complexity index is 485. The van der Waals surface area contributed by atoms with Crippen LogP contribution in [-0.2, 0) is 13.0 Å². The van der Waals surface area contributed by atoms with Gasteiger partial charge in [0.1, 0.15) is 0 Å². The molecule has 2 heterocycles. The molecule has 3 nitrogen and oxygen atoms in total. The SMILES string of the molecule is CCNc1nc(C)cn1Cc1sccc1CC. The molecular weight excluding hydrogens is 230 g/mol. The zero-order chi connectivity index (χ0) is 12.3. The molecule has 0 saturated heterocycles. The van der Waals surface area contributed by atoms with E-state index in [0.717, 1.165) is 31.2 Å². The minimum absolute atomic E-state index is 0.904. The number of anilines is 1. The second kappa shape index (κ2) is 5.36. The molecule has 0 aromatic carbocycles. The molecule has 0 unspecified atom stereocenters. The van der Waals surface area contributed by atoms with Gasteiger partial charge in [-0.2, -0.15) is 0 Å². The molecule has 17 heavy (non-hydrogen) atoms. The zero-order valence-electron chi connectivity index (χ0n) is 10.7. The molecule has 0 aliphatic carbocycles. The molecule has 0 bridgehead atoms. The lowest BCUT2D eigenvalue weighted by Gasteiger charge is -2.08. The summed E-state index contributed by atoms with van der Waals surface area (Å²) in [5.41, 5.74) is 2.51. The fourth-order valence-electron chi connectivity index (χ4n) is 1.94. The number of nitrogens with one attached hydrogen (secondary N) is 1. The summed E-state index contributed by atoms with van der Waals surface area (Å²) in [7, 11) is 0. The molecule has 0 aliphatic rings. The van der Waals surface area contributed by atoms with Crippen molar-refractivity contribution < 1.29 is 0 Å². The van der Waals surface area contributed by atoms with Crippen molar-refractivity contribution in [3.63, 3.8) is 0 Å². The highest BCUT2D eigenvalue weighted by Gasteiger charge is 2.08. The Morgan fingerprint density at radius 2 is 2.24 bits per heavy atom. The standard InChI is InChI=1S/C13H19N3S/c1-4-11-6-7-17-12(11)9-16-8-10(3)15-13(16)14-5-2/h6-8H,4-5,9H2,1-3H3,(H,14,15). The quantitative estimate of drug-likeness (QED) is 0.881. The summed E-state index contributed by atoms with van der Waals surface area (Å²) in [5, 5.41) is 5.47. The third kappa shape index (κ3) is 2.69. The van der Waals surface area contributed by atoms with Crippen LogP contribution in [0.25, 0.3) is 0 Å². The Morgan fingerprint density at radius 1 is 1.41 bits per heavy atom. The van der Waals surface area contributed by atoms with E-state index < -0.39 is 0 Å². The fourth-order valence-corrected chi connectivity index (χ4v) is 2.92. The number of hydrogen-bond donors (Lipinski definition) is 1. The Morgan fingerprint density at radius 3 is 2.94 bits per heavy atom. The van der Waals surface area contributed by atoms with E-state index in [2.05, 4.69) is 46.4 Å². The lowest BCUT2D eigenvalue weighted by molar-refractivity contribution is 0.803. The first-order valence-electron chi connectivity index (χ1n) is 6.07. The Labute approximate surface area is 107 Å². The predicted molar refractivity (Wildman–Crippen MR) is 73.9 cm³/mol. The largest absolute Gasteiger partial charge is 0.356 e. The summed E-state index contributed by atoms with van der Waals surface area (Å²) in [6.45, 7) is 8.16. The maximum absolute atomic E-state index is 4.49. The Kier molecular flexibility index (Phi) is 3.84. The molecule has 1 N–H and O–H groups in total. The molecule has 92 valence electrons. The summed E-state index contributed by atoms with van der Waals surface area (Å²) in [4.78, 5) is 5.93. The van der Waals surface area contributed by atoms with Crippen molar-refractivity contribution in [1.29, 1.82) is 0 Å². The maximum Gasteiger partial charge on any atom is 0.203 e. The summed E-state index contributed by atoms with van der Waals surface area (Å²) in [5.74, 6) is 0.973. The van der Waals surface area contributed by atoms with Crippen LogP contribution in [0.3, 0.4) is 0 Å². The summed E-state index contributed by atoms with van der Waals surface area (Å²) in [6.07, 6.45) is 3.21. The molecule has 0 amide bonds. The summed E-state index contributed by atoms with van der Waals surface area (Å²) >= 11 is 1.83. The van der Waals surface area contributed by atoms with Crippen molar-refractivity contribution >= 4 is 17.3 Å².